The van der Waals surface area contributed by atoms with E-state index in [9.17, 15) is 9.90 Å². The van der Waals surface area contributed by atoms with E-state index in [1.165, 1.54) is 11.1 Å². The fraction of sp³-hybridized carbons (Fsp3) is 0.409. The molecule has 0 spiro atoms. The third-order valence-corrected chi connectivity index (χ3v) is 4.37. The Labute approximate surface area is 156 Å². The summed E-state index contributed by atoms with van der Waals surface area (Å²) in [4.78, 5) is 12.1. The number of ether oxygens (including phenoxy) is 1. The zero-order valence-electron chi connectivity index (χ0n) is 15.7. The van der Waals surface area contributed by atoms with E-state index in [4.69, 9.17) is 4.74 Å². The summed E-state index contributed by atoms with van der Waals surface area (Å²) >= 11 is 0. The van der Waals surface area contributed by atoms with Gasteiger partial charge in [0.05, 0.1) is 19.3 Å². The molecular formula is C22H29NO3. The van der Waals surface area contributed by atoms with Crippen molar-refractivity contribution in [1.82, 2.24) is 5.32 Å². The summed E-state index contributed by atoms with van der Waals surface area (Å²) in [5.74, 6) is 0.848. The van der Waals surface area contributed by atoms with Gasteiger partial charge in [-0.05, 0) is 61.9 Å². The van der Waals surface area contributed by atoms with Crippen LogP contribution in [0.3, 0.4) is 0 Å². The second kappa shape index (κ2) is 10.6. The molecule has 26 heavy (non-hydrogen) atoms. The molecule has 0 bridgehead atoms. The molecule has 2 N–H and O–H groups in total. The normalized spacial score (nSPS) is 11.8. The maximum Gasteiger partial charge on any atom is 0.220 e. The average Bonchev–Trinajstić information content (AvgIpc) is 2.62. The molecule has 140 valence electrons. The average molecular weight is 355 g/mol. The highest BCUT2D eigenvalue weighted by Crippen LogP contribution is 2.13. The van der Waals surface area contributed by atoms with Crippen LogP contribution < -0.4 is 10.1 Å². The van der Waals surface area contributed by atoms with Gasteiger partial charge < -0.3 is 15.2 Å². The fourth-order valence-electron chi connectivity index (χ4n) is 2.85. The van der Waals surface area contributed by atoms with Crippen molar-refractivity contribution in [2.24, 2.45) is 0 Å². The van der Waals surface area contributed by atoms with Crippen molar-refractivity contribution < 1.29 is 14.6 Å². The largest absolute Gasteiger partial charge is 0.494 e. The minimum absolute atomic E-state index is 0.0202. The van der Waals surface area contributed by atoms with Crippen LogP contribution in [0.25, 0.3) is 0 Å². The topological polar surface area (TPSA) is 58.6 Å². The van der Waals surface area contributed by atoms with Gasteiger partial charge >= 0.3 is 0 Å². The molecule has 0 aliphatic rings. The molecule has 2 aromatic carbocycles. The highest BCUT2D eigenvalue weighted by molar-refractivity contribution is 5.76. The number of hydrogen-bond donors (Lipinski definition) is 2. The predicted octanol–water partition coefficient (Wildman–Crippen LogP) is 3.57. The third-order valence-electron chi connectivity index (χ3n) is 4.37. The number of unbranched alkanes of at least 4 members (excludes halogenated alkanes) is 1. The molecule has 2 rings (SSSR count). The smallest absolute Gasteiger partial charge is 0.220 e. The minimum atomic E-state index is -0.243. The van der Waals surface area contributed by atoms with Crippen LogP contribution in [-0.4, -0.2) is 30.3 Å². The van der Waals surface area contributed by atoms with Crippen LogP contribution in [0.1, 0.15) is 36.0 Å². The van der Waals surface area contributed by atoms with Crippen LogP contribution in [-0.2, 0) is 11.2 Å². The van der Waals surface area contributed by atoms with Gasteiger partial charge in [0, 0.05) is 6.42 Å². The third kappa shape index (κ3) is 6.89. The maximum absolute atomic E-state index is 12.1. The van der Waals surface area contributed by atoms with Gasteiger partial charge in [-0.15, -0.1) is 0 Å². The standard InChI is InChI=1S/C22H29NO3/c1-17-8-7-11-21(14-17)26-13-6-5-12-22(25)23-20(16-24)15-19-10-4-3-9-18(19)2/h3-4,7-11,14,20,24H,5-6,12-13,15-16H2,1-2H3,(H,23,25)/t20-/m1/s1. The van der Waals surface area contributed by atoms with Crippen molar-refractivity contribution in [2.45, 2.75) is 45.6 Å². The number of carbonyl (C=O) groups excluding carboxylic acids is 1. The summed E-state index contributed by atoms with van der Waals surface area (Å²) in [6, 6.07) is 15.8. The van der Waals surface area contributed by atoms with Crippen LogP contribution >= 0.6 is 0 Å². The zero-order chi connectivity index (χ0) is 18.8. The Balaban J connectivity index is 1.66. The van der Waals surface area contributed by atoms with Crippen LogP contribution in [0, 0.1) is 13.8 Å². The quantitative estimate of drug-likeness (QED) is 0.641. The molecule has 0 saturated carbocycles. The van der Waals surface area contributed by atoms with Gasteiger partial charge in [-0.1, -0.05) is 36.4 Å². The molecule has 0 radical (unpaired) electrons. The number of carbonyl (C=O) groups is 1. The second-order valence-electron chi connectivity index (χ2n) is 6.70. The lowest BCUT2D eigenvalue weighted by Gasteiger charge is -2.17. The Hall–Kier alpha value is -2.33. The van der Waals surface area contributed by atoms with Crippen molar-refractivity contribution >= 4 is 5.91 Å². The van der Waals surface area contributed by atoms with E-state index < -0.39 is 0 Å². The lowest BCUT2D eigenvalue weighted by atomic mass is 10.0. The van der Waals surface area contributed by atoms with E-state index in [-0.39, 0.29) is 18.6 Å². The van der Waals surface area contributed by atoms with E-state index in [1.54, 1.807) is 0 Å². The molecular weight excluding hydrogens is 326 g/mol. The van der Waals surface area contributed by atoms with Crippen LogP contribution in [0.15, 0.2) is 48.5 Å². The van der Waals surface area contributed by atoms with Gasteiger partial charge in [0.1, 0.15) is 5.75 Å². The molecule has 0 aromatic heterocycles. The van der Waals surface area contributed by atoms with E-state index >= 15 is 0 Å². The highest BCUT2D eigenvalue weighted by Gasteiger charge is 2.13. The number of aryl methyl sites for hydroxylation is 2. The van der Waals surface area contributed by atoms with Crippen LogP contribution in [0.2, 0.25) is 0 Å². The Morgan fingerprint density at radius 2 is 1.92 bits per heavy atom. The molecule has 0 fully saturated rings. The SMILES string of the molecule is Cc1cccc(OCCCCC(=O)N[C@@H](CO)Cc2ccccc2C)c1. The number of aliphatic hydroxyl groups is 1. The minimum Gasteiger partial charge on any atom is -0.494 e. The molecule has 1 amide bonds. The number of benzene rings is 2. The number of aliphatic hydroxyl groups excluding tert-OH is 1. The summed E-state index contributed by atoms with van der Waals surface area (Å²) in [6.45, 7) is 4.62. The Bertz CT molecular complexity index is 699. The van der Waals surface area contributed by atoms with Gasteiger partial charge in [-0.25, -0.2) is 0 Å². The van der Waals surface area contributed by atoms with Crippen molar-refractivity contribution in [3.05, 3.63) is 65.2 Å². The van der Waals surface area contributed by atoms with E-state index in [0.29, 0.717) is 19.4 Å². The second-order valence-corrected chi connectivity index (χ2v) is 6.70. The fourth-order valence-corrected chi connectivity index (χ4v) is 2.85. The van der Waals surface area contributed by atoms with Gasteiger partial charge in [0.15, 0.2) is 0 Å². The predicted molar refractivity (Wildman–Crippen MR) is 104 cm³/mol. The molecule has 0 heterocycles. The molecule has 4 heteroatoms. The van der Waals surface area contributed by atoms with Crippen molar-refractivity contribution in [3.8, 4) is 5.75 Å². The number of hydrogen-bond acceptors (Lipinski definition) is 3. The van der Waals surface area contributed by atoms with Crippen molar-refractivity contribution in [1.29, 1.82) is 0 Å². The van der Waals surface area contributed by atoms with Crippen LogP contribution in [0.4, 0.5) is 0 Å². The Morgan fingerprint density at radius 3 is 2.65 bits per heavy atom. The first-order valence-electron chi connectivity index (χ1n) is 9.22. The first kappa shape index (κ1) is 20.0. The molecule has 0 saturated heterocycles. The first-order chi connectivity index (χ1) is 12.6. The Morgan fingerprint density at radius 1 is 1.12 bits per heavy atom. The summed E-state index contributed by atoms with van der Waals surface area (Å²) < 4.78 is 5.69. The lowest BCUT2D eigenvalue weighted by molar-refractivity contribution is -0.122. The van der Waals surface area contributed by atoms with Gasteiger partial charge in [-0.3, -0.25) is 4.79 Å². The molecule has 2 aromatic rings. The van der Waals surface area contributed by atoms with Crippen LogP contribution in [0.5, 0.6) is 5.75 Å². The monoisotopic (exact) mass is 355 g/mol. The van der Waals surface area contributed by atoms with E-state index in [2.05, 4.69) is 5.32 Å². The van der Waals surface area contributed by atoms with Crippen molar-refractivity contribution in [3.63, 3.8) is 0 Å². The molecule has 0 aliphatic heterocycles. The van der Waals surface area contributed by atoms with E-state index in [0.717, 1.165) is 24.2 Å². The lowest BCUT2D eigenvalue weighted by Crippen LogP contribution is -2.39. The van der Waals surface area contributed by atoms with E-state index in [1.807, 2.05) is 62.4 Å². The molecule has 1 atom stereocenters. The molecule has 0 aliphatic carbocycles. The summed E-state index contributed by atoms with van der Waals surface area (Å²) in [5, 5.41) is 12.5. The first-order valence-corrected chi connectivity index (χ1v) is 9.22. The van der Waals surface area contributed by atoms with Crippen molar-refractivity contribution in [2.75, 3.05) is 13.2 Å². The molecule has 4 nitrogen and oxygen atoms in total. The van der Waals surface area contributed by atoms with Gasteiger partial charge in [-0.2, -0.15) is 0 Å². The summed E-state index contributed by atoms with van der Waals surface area (Å²) in [6.07, 6.45) is 2.68. The van der Waals surface area contributed by atoms with Gasteiger partial charge in [0.2, 0.25) is 5.91 Å². The number of amides is 1. The summed E-state index contributed by atoms with van der Waals surface area (Å²) in [5.41, 5.74) is 3.50. The summed E-state index contributed by atoms with van der Waals surface area (Å²) in [7, 11) is 0. The van der Waals surface area contributed by atoms with Gasteiger partial charge in [0.25, 0.3) is 0 Å². The number of rotatable bonds is 10. The highest BCUT2D eigenvalue weighted by atomic mass is 16.5. The maximum atomic E-state index is 12.1. The Kier molecular flexibility index (Phi) is 8.16. The molecule has 0 unspecified atom stereocenters. The number of nitrogens with one attached hydrogen (secondary N) is 1. The zero-order valence-corrected chi connectivity index (χ0v) is 15.7.